The van der Waals surface area contributed by atoms with Crippen LogP contribution in [0.3, 0.4) is 0 Å². The number of hydrogen-bond donors (Lipinski definition) is 1. The zero-order chi connectivity index (χ0) is 12.0. The third-order valence-corrected chi connectivity index (χ3v) is 5.42. The molecule has 2 N–H and O–H groups in total. The molecule has 0 aliphatic rings. The highest BCUT2D eigenvalue weighted by Crippen LogP contribution is 2.19. The minimum atomic E-state index is -2.48. The number of hydrogen-bond acceptors (Lipinski definition) is 4. The topological polar surface area (TPSA) is 53.7 Å². The van der Waals surface area contributed by atoms with Crippen LogP contribution in [0.25, 0.3) is 0 Å². The van der Waals surface area contributed by atoms with Crippen LogP contribution >= 0.6 is 0 Å². The van der Waals surface area contributed by atoms with Gasteiger partial charge in [-0.05, 0) is 18.1 Å². The quantitative estimate of drug-likeness (QED) is 0.608. The van der Waals surface area contributed by atoms with Crippen molar-refractivity contribution in [2.45, 2.75) is 12.5 Å². The Hall–Kier alpha value is -0.883. The van der Waals surface area contributed by atoms with Crippen LogP contribution in [0.4, 0.5) is 5.69 Å². The van der Waals surface area contributed by atoms with E-state index in [9.17, 15) is 0 Å². The Balaban J connectivity index is 2.66. The highest BCUT2D eigenvalue weighted by atomic mass is 28.4. The van der Waals surface area contributed by atoms with Crippen LogP contribution in [-0.2, 0) is 19.7 Å². The third-order valence-electron chi connectivity index (χ3n) is 2.69. The average molecular weight is 241 g/mol. The normalized spacial score (nSPS) is 11.7. The van der Waals surface area contributed by atoms with E-state index in [1.807, 2.05) is 24.3 Å². The Bertz CT molecular complexity index is 320. The molecule has 0 atom stereocenters. The summed E-state index contributed by atoms with van der Waals surface area (Å²) in [6, 6.07) is 8.53. The number of nitrogens with two attached hydrogens (primary N) is 1. The van der Waals surface area contributed by atoms with Gasteiger partial charge in [-0.1, -0.05) is 18.2 Å². The molecule has 0 saturated carbocycles. The summed E-state index contributed by atoms with van der Waals surface area (Å²) < 4.78 is 16.1. The molecule has 1 aromatic carbocycles. The minimum absolute atomic E-state index is 0.727. The maximum absolute atomic E-state index is 5.87. The first kappa shape index (κ1) is 13.2. The molecule has 5 heteroatoms. The second-order valence-electron chi connectivity index (χ2n) is 3.49. The first-order chi connectivity index (χ1) is 7.67. The van der Waals surface area contributed by atoms with Crippen molar-refractivity contribution < 1.29 is 13.3 Å². The molecule has 0 heterocycles. The van der Waals surface area contributed by atoms with E-state index >= 15 is 0 Å². The molecule has 0 aliphatic heterocycles. The van der Waals surface area contributed by atoms with E-state index in [4.69, 9.17) is 19.0 Å². The first-order valence-electron chi connectivity index (χ1n) is 5.16. The molecule has 16 heavy (non-hydrogen) atoms. The number of aryl methyl sites for hydroxylation is 1. The lowest BCUT2D eigenvalue weighted by molar-refractivity contribution is 0.124. The van der Waals surface area contributed by atoms with Crippen LogP contribution in [0, 0.1) is 0 Å². The van der Waals surface area contributed by atoms with Crippen molar-refractivity contribution in [3.8, 4) is 0 Å². The number of para-hydroxylation sites is 1. The molecular formula is C11H19NO3Si. The number of anilines is 1. The van der Waals surface area contributed by atoms with Gasteiger partial charge in [0.15, 0.2) is 0 Å². The Morgan fingerprint density at radius 2 is 1.62 bits per heavy atom. The Morgan fingerprint density at radius 1 is 1.06 bits per heavy atom. The molecule has 0 aliphatic carbocycles. The minimum Gasteiger partial charge on any atom is -0.399 e. The van der Waals surface area contributed by atoms with E-state index in [1.54, 1.807) is 21.3 Å². The molecular weight excluding hydrogens is 222 g/mol. The lowest BCUT2D eigenvalue weighted by Crippen LogP contribution is -2.43. The zero-order valence-corrected chi connectivity index (χ0v) is 11.0. The molecule has 0 fully saturated rings. The smallest absolute Gasteiger partial charge is 0.399 e. The van der Waals surface area contributed by atoms with Gasteiger partial charge in [-0.25, -0.2) is 0 Å². The molecule has 0 amide bonds. The van der Waals surface area contributed by atoms with E-state index in [-0.39, 0.29) is 0 Å². The van der Waals surface area contributed by atoms with E-state index in [1.165, 1.54) is 0 Å². The Morgan fingerprint density at radius 3 is 2.12 bits per heavy atom. The summed E-state index contributed by atoms with van der Waals surface area (Å²) in [5.41, 5.74) is 7.77. The fraction of sp³-hybridized carbons (Fsp3) is 0.455. The molecule has 0 spiro atoms. The van der Waals surface area contributed by atoms with Crippen molar-refractivity contribution in [2.75, 3.05) is 27.1 Å². The van der Waals surface area contributed by atoms with Gasteiger partial charge in [0.25, 0.3) is 0 Å². The molecule has 0 bridgehead atoms. The Kier molecular flexibility index (Phi) is 4.95. The number of benzene rings is 1. The standard InChI is InChI=1S/C11H19NO3Si/c1-13-16(14-2,15-3)9-8-10-6-4-5-7-11(10)12/h4-7H,8-9,12H2,1-3H3. The molecule has 0 radical (unpaired) electrons. The summed E-state index contributed by atoms with van der Waals surface area (Å²) in [6.45, 7) is 0. The summed E-state index contributed by atoms with van der Waals surface area (Å²) in [4.78, 5) is 0. The van der Waals surface area contributed by atoms with Gasteiger partial charge >= 0.3 is 8.80 Å². The van der Waals surface area contributed by atoms with Crippen LogP contribution in [0.5, 0.6) is 0 Å². The van der Waals surface area contributed by atoms with Crippen LogP contribution < -0.4 is 5.73 Å². The van der Waals surface area contributed by atoms with Crippen molar-refractivity contribution in [3.05, 3.63) is 29.8 Å². The van der Waals surface area contributed by atoms with Crippen molar-refractivity contribution in [3.63, 3.8) is 0 Å². The van der Waals surface area contributed by atoms with Crippen molar-refractivity contribution in [2.24, 2.45) is 0 Å². The van der Waals surface area contributed by atoms with E-state index in [2.05, 4.69) is 0 Å². The van der Waals surface area contributed by atoms with Crippen LogP contribution in [0.1, 0.15) is 5.56 Å². The largest absolute Gasteiger partial charge is 0.500 e. The second-order valence-corrected chi connectivity index (χ2v) is 6.58. The van der Waals surface area contributed by atoms with Crippen LogP contribution in [0.2, 0.25) is 6.04 Å². The van der Waals surface area contributed by atoms with Gasteiger partial charge in [-0.3, -0.25) is 0 Å². The van der Waals surface area contributed by atoms with Crippen molar-refractivity contribution >= 4 is 14.5 Å². The first-order valence-corrected chi connectivity index (χ1v) is 7.09. The van der Waals surface area contributed by atoms with Gasteiger partial charge in [-0.2, -0.15) is 0 Å². The molecule has 90 valence electrons. The maximum atomic E-state index is 5.87. The maximum Gasteiger partial charge on any atom is 0.500 e. The van der Waals surface area contributed by atoms with Gasteiger partial charge in [-0.15, -0.1) is 0 Å². The third kappa shape index (κ3) is 3.05. The van der Waals surface area contributed by atoms with E-state index in [0.717, 1.165) is 23.7 Å². The lowest BCUT2D eigenvalue weighted by atomic mass is 10.1. The number of nitrogen functional groups attached to an aromatic ring is 1. The summed E-state index contributed by atoms with van der Waals surface area (Å²) in [5.74, 6) is 0. The van der Waals surface area contributed by atoms with Gasteiger partial charge in [0, 0.05) is 33.1 Å². The van der Waals surface area contributed by atoms with Gasteiger partial charge in [0.2, 0.25) is 0 Å². The molecule has 4 nitrogen and oxygen atoms in total. The van der Waals surface area contributed by atoms with E-state index in [0.29, 0.717) is 0 Å². The van der Waals surface area contributed by atoms with Crippen molar-refractivity contribution in [1.29, 1.82) is 0 Å². The fourth-order valence-corrected chi connectivity index (χ4v) is 3.29. The summed E-state index contributed by atoms with van der Waals surface area (Å²) >= 11 is 0. The van der Waals surface area contributed by atoms with Crippen molar-refractivity contribution in [1.82, 2.24) is 0 Å². The van der Waals surface area contributed by atoms with Gasteiger partial charge in [0.05, 0.1) is 0 Å². The van der Waals surface area contributed by atoms with Crippen LogP contribution in [-0.4, -0.2) is 30.1 Å². The summed E-state index contributed by atoms with van der Waals surface area (Å²) in [6.07, 6.45) is 0.800. The van der Waals surface area contributed by atoms with Crippen LogP contribution in [0.15, 0.2) is 24.3 Å². The molecule has 1 aromatic rings. The van der Waals surface area contributed by atoms with E-state index < -0.39 is 8.80 Å². The Labute approximate surface area is 97.7 Å². The molecule has 0 unspecified atom stereocenters. The lowest BCUT2D eigenvalue weighted by Gasteiger charge is -2.24. The molecule has 0 aromatic heterocycles. The summed E-state index contributed by atoms with van der Waals surface area (Å²) in [7, 11) is 2.38. The van der Waals surface area contributed by atoms with Gasteiger partial charge < -0.3 is 19.0 Å². The molecule has 1 rings (SSSR count). The average Bonchev–Trinajstić information content (AvgIpc) is 2.34. The summed E-state index contributed by atoms with van der Waals surface area (Å²) in [5, 5.41) is 0. The predicted octanol–water partition coefficient (Wildman–Crippen LogP) is 1.69. The molecule has 0 saturated heterocycles. The second kappa shape index (κ2) is 6.00. The number of rotatable bonds is 6. The predicted molar refractivity (Wildman–Crippen MR) is 66.1 cm³/mol. The zero-order valence-electron chi connectivity index (χ0n) is 10.0. The SMILES string of the molecule is CO[Si](CCc1ccccc1N)(OC)OC. The highest BCUT2D eigenvalue weighted by Gasteiger charge is 2.37. The van der Waals surface area contributed by atoms with Gasteiger partial charge in [0.1, 0.15) is 0 Å². The fourth-order valence-electron chi connectivity index (χ4n) is 1.61. The monoisotopic (exact) mass is 241 g/mol. The highest BCUT2D eigenvalue weighted by molar-refractivity contribution is 6.60.